The molecule has 0 saturated heterocycles. The summed E-state index contributed by atoms with van der Waals surface area (Å²) in [4.78, 5) is 0. The standard InChI is InChI=1S/C8H9BrIN/c1-8(10,11)6-2-4-7(9)5-3-6/h2-5H,11H2,1H3/t8-/m0/s1. The van der Waals surface area contributed by atoms with Crippen molar-refractivity contribution in [3.05, 3.63) is 34.3 Å². The third kappa shape index (κ3) is 2.72. The average Bonchev–Trinajstić information content (AvgIpc) is 1.86. The molecule has 0 aromatic heterocycles. The van der Waals surface area contributed by atoms with Gasteiger partial charge in [-0.05, 0) is 24.6 Å². The molecule has 1 atom stereocenters. The maximum Gasteiger partial charge on any atom is 0.0906 e. The summed E-state index contributed by atoms with van der Waals surface area (Å²) in [5.74, 6) is 0. The minimum atomic E-state index is -0.265. The van der Waals surface area contributed by atoms with Gasteiger partial charge in [-0.2, -0.15) is 0 Å². The number of alkyl halides is 1. The summed E-state index contributed by atoms with van der Waals surface area (Å²) in [7, 11) is 0. The molecule has 1 aromatic carbocycles. The van der Waals surface area contributed by atoms with Crippen LogP contribution < -0.4 is 5.73 Å². The first-order valence-corrected chi connectivity index (χ1v) is 5.11. The van der Waals surface area contributed by atoms with Crippen LogP contribution in [0.2, 0.25) is 0 Å². The summed E-state index contributed by atoms with van der Waals surface area (Å²) in [5, 5.41) is 0. The van der Waals surface area contributed by atoms with E-state index < -0.39 is 0 Å². The lowest BCUT2D eigenvalue weighted by molar-refractivity contribution is 0.779. The van der Waals surface area contributed by atoms with Gasteiger partial charge in [-0.1, -0.05) is 50.7 Å². The molecule has 0 amide bonds. The molecule has 0 bridgehead atoms. The Kier molecular flexibility index (Phi) is 2.94. The molecule has 1 rings (SSSR count). The van der Waals surface area contributed by atoms with Crippen molar-refractivity contribution in [1.82, 2.24) is 0 Å². The van der Waals surface area contributed by atoms with Crippen molar-refractivity contribution in [3.63, 3.8) is 0 Å². The molecule has 0 radical (unpaired) electrons. The van der Waals surface area contributed by atoms with Crippen LogP contribution in [0, 0.1) is 0 Å². The molecule has 3 heteroatoms. The first-order chi connectivity index (χ1) is 5.00. The van der Waals surface area contributed by atoms with E-state index in [0.717, 1.165) is 10.0 Å². The number of benzene rings is 1. The third-order valence-corrected chi connectivity index (χ3v) is 2.56. The van der Waals surface area contributed by atoms with Crippen LogP contribution in [0.3, 0.4) is 0 Å². The summed E-state index contributed by atoms with van der Waals surface area (Å²) in [6.45, 7) is 1.98. The molecule has 0 saturated carbocycles. The van der Waals surface area contributed by atoms with Crippen molar-refractivity contribution < 1.29 is 0 Å². The predicted molar refractivity (Wildman–Crippen MR) is 59.7 cm³/mol. The lowest BCUT2D eigenvalue weighted by Crippen LogP contribution is -2.24. The number of halogens is 2. The van der Waals surface area contributed by atoms with E-state index in [1.807, 2.05) is 31.2 Å². The van der Waals surface area contributed by atoms with Crippen LogP contribution in [0.1, 0.15) is 12.5 Å². The number of hydrogen-bond donors (Lipinski definition) is 1. The maximum absolute atomic E-state index is 5.88. The van der Waals surface area contributed by atoms with E-state index >= 15 is 0 Å². The first-order valence-electron chi connectivity index (χ1n) is 3.24. The van der Waals surface area contributed by atoms with Gasteiger partial charge in [0, 0.05) is 4.47 Å². The Morgan fingerprint density at radius 1 is 1.36 bits per heavy atom. The van der Waals surface area contributed by atoms with Crippen LogP contribution in [0.15, 0.2) is 28.7 Å². The van der Waals surface area contributed by atoms with Crippen molar-refractivity contribution in [3.8, 4) is 0 Å². The molecular formula is C8H9BrIN. The fourth-order valence-electron chi connectivity index (χ4n) is 0.776. The van der Waals surface area contributed by atoms with Crippen molar-refractivity contribution >= 4 is 38.5 Å². The second-order valence-electron chi connectivity index (χ2n) is 2.58. The zero-order valence-corrected chi connectivity index (χ0v) is 9.89. The summed E-state index contributed by atoms with van der Waals surface area (Å²) in [6, 6.07) is 8.05. The SMILES string of the molecule is C[C@@](N)(I)c1ccc(Br)cc1. The summed E-state index contributed by atoms with van der Waals surface area (Å²) in [5.41, 5.74) is 7.02. The molecule has 0 aliphatic rings. The minimum Gasteiger partial charge on any atom is -0.313 e. The summed E-state index contributed by atoms with van der Waals surface area (Å²) in [6.07, 6.45) is 0. The molecule has 0 spiro atoms. The predicted octanol–water partition coefficient (Wildman–Crippen LogP) is 3.02. The van der Waals surface area contributed by atoms with Crippen LogP contribution in [-0.2, 0) is 3.55 Å². The quantitative estimate of drug-likeness (QED) is 0.479. The van der Waals surface area contributed by atoms with E-state index in [9.17, 15) is 0 Å². The fraction of sp³-hybridized carbons (Fsp3) is 0.250. The monoisotopic (exact) mass is 325 g/mol. The molecule has 11 heavy (non-hydrogen) atoms. The molecule has 0 aliphatic carbocycles. The van der Waals surface area contributed by atoms with E-state index in [4.69, 9.17) is 5.73 Å². The van der Waals surface area contributed by atoms with Gasteiger partial charge in [-0.15, -0.1) is 0 Å². The Morgan fingerprint density at radius 2 is 1.82 bits per heavy atom. The van der Waals surface area contributed by atoms with Gasteiger partial charge in [-0.3, -0.25) is 0 Å². The van der Waals surface area contributed by atoms with E-state index in [2.05, 4.69) is 38.5 Å². The fourth-order valence-corrected chi connectivity index (χ4v) is 1.40. The zero-order valence-electron chi connectivity index (χ0n) is 6.14. The Balaban J connectivity index is 2.99. The normalized spacial score (nSPS) is 16.0. The van der Waals surface area contributed by atoms with E-state index in [-0.39, 0.29) is 3.55 Å². The first kappa shape index (κ1) is 9.48. The van der Waals surface area contributed by atoms with Gasteiger partial charge >= 0.3 is 0 Å². The molecule has 0 unspecified atom stereocenters. The second kappa shape index (κ2) is 3.41. The number of rotatable bonds is 1. The largest absolute Gasteiger partial charge is 0.313 e. The Hall–Kier alpha value is 0.390. The molecular weight excluding hydrogens is 317 g/mol. The molecule has 0 fully saturated rings. The second-order valence-corrected chi connectivity index (χ2v) is 5.74. The average molecular weight is 326 g/mol. The third-order valence-electron chi connectivity index (χ3n) is 1.41. The lowest BCUT2D eigenvalue weighted by atomic mass is 10.1. The lowest BCUT2D eigenvalue weighted by Gasteiger charge is -2.16. The minimum absolute atomic E-state index is 0.265. The van der Waals surface area contributed by atoms with Crippen molar-refractivity contribution in [2.24, 2.45) is 5.73 Å². The van der Waals surface area contributed by atoms with Gasteiger partial charge < -0.3 is 5.73 Å². The van der Waals surface area contributed by atoms with Crippen molar-refractivity contribution in [2.45, 2.75) is 10.5 Å². The van der Waals surface area contributed by atoms with Crippen molar-refractivity contribution in [1.29, 1.82) is 0 Å². The van der Waals surface area contributed by atoms with Gasteiger partial charge in [0.25, 0.3) is 0 Å². The maximum atomic E-state index is 5.88. The molecule has 1 aromatic rings. The Labute approximate surface area is 88.6 Å². The highest BCUT2D eigenvalue weighted by Crippen LogP contribution is 2.25. The van der Waals surface area contributed by atoms with E-state index in [0.29, 0.717) is 0 Å². The highest BCUT2D eigenvalue weighted by Gasteiger charge is 2.14. The van der Waals surface area contributed by atoms with E-state index in [1.54, 1.807) is 0 Å². The zero-order chi connectivity index (χ0) is 8.48. The van der Waals surface area contributed by atoms with Gasteiger partial charge in [0.05, 0.1) is 3.55 Å². The van der Waals surface area contributed by atoms with Crippen LogP contribution >= 0.6 is 38.5 Å². The van der Waals surface area contributed by atoms with Crippen LogP contribution in [0.25, 0.3) is 0 Å². The van der Waals surface area contributed by atoms with Gasteiger partial charge in [-0.25, -0.2) is 0 Å². The Bertz CT molecular complexity index is 237. The summed E-state index contributed by atoms with van der Waals surface area (Å²) < 4.78 is 0.820. The molecule has 2 N–H and O–H groups in total. The summed E-state index contributed by atoms with van der Waals surface area (Å²) >= 11 is 5.59. The van der Waals surface area contributed by atoms with Crippen molar-refractivity contribution in [2.75, 3.05) is 0 Å². The van der Waals surface area contributed by atoms with Crippen LogP contribution in [0.4, 0.5) is 0 Å². The molecule has 1 nitrogen and oxygen atoms in total. The number of nitrogens with two attached hydrogens (primary N) is 1. The molecule has 0 heterocycles. The highest BCUT2D eigenvalue weighted by molar-refractivity contribution is 14.1. The van der Waals surface area contributed by atoms with Gasteiger partial charge in [0.1, 0.15) is 0 Å². The Morgan fingerprint density at radius 3 is 2.18 bits per heavy atom. The van der Waals surface area contributed by atoms with Gasteiger partial charge in [0.2, 0.25) is 0 Å². The molecule has 0 aliphatic heterocycles. The van der Waals surface area contributed by atoms with E-state index in [1.165, 1.54) is 0 Å². The van der Waals surface area contributed by atoms with Crippen LogP contribution in [0.5, 0.6) is 0 Å². The van der Waals surface area contributed by atoms with Gasteiger partial charge in [0.15, 0.2) is 0 Å². The highest BCUT2D eigenvalue weighted by atomic mass is 127. The number of hydrogen-bond acceptors (Lipinski definition) is 1. The molecule has 60 valence electrons. The smallest absolute Gasteiger partial charge is 0.0906 e. The topological polar surface area (TPSA) is 26.0 Å². The van der Waals surface area contributed by atoms with Crippen LogP contribution in [-0.4, -0.2) is 0 Å².